The molecule has 2 aromatic carbocycles. The van der Waals surface area contributed by atoms with E-state index in [9.17, 15) is 8.42 Å². The molecule has 0 amide bonds. The molecule has 0 aliphatic rings. The average molecular weight is 455 g/mol. The lowest BCUT2D eigenvalue weighted by atomic mass is 10.2. The first-order valence-corrected chi connectivity index (χ1v) is 12.0. The average Bonchev–Trinajstić information content (AvgIpc) is 3.38. The van der Waals surface area contributed by atoms with E-state index in [-0.39, 0.29) is 4.90 Å². The second kappa shape index (κ2) is 8.70. The first-order chi connectivity index (χ1) is 14.9. The first kappa shape index (κ1) is 21.4. The second-order valence-corrected chi connectivity index (χ2v) is 10.2. The molecule has 4 rings (SSSR count). The maximum absolute atomic E-state index is 12.4. The fourth-order valence-corrected chi connectivity index (χ4v) is 4.99. The number of sulfonamides is 1. The zero-order valence-corrected chi connectivity index (χ0v) is 19.0. The van der Waals surface area contributed by atoms with Gasteiger partial charge in [-0.1, -0.05) is 42.1 Å². The Labute approximate surface area is 185 Å². The molecule has 0 unspecified atom stereocenters. The largest absolute Gasteiger partial charge is 0.469 e. The maximum Gasteiger partial charge on any atom is 0.242 e. The quantitative estimate of drug-likeness (QED) is 0.386. The topological polar surface area (TPSA) is 81.2 Å². The van der Waals surface area contributed by atoms with Crippen molar-refractivity contribution in [1.82, 2.24) is 19.1 Å². The molecule has 0 saturated heterocycles. The summed E-state index contributed by atoms with van der Waals surface area (Å²) in [4.78, 5) is 0.273. The van der Waals surface area contributed by atoms with Crippen LogP contribution in [0.1, 0.15) is 11.3 Å². The molecule has 0 atom stereocenters. The van der Waals surface area contributed by atoms with Crippen molar-refractivity contribution in [3.63, 3.8) is 0 Å². The van der Waals surface area contributed by atoms with Crippen LogP contribution in [0.4, 0.5) is 0 Å². The molecule has 0 radical (unpaired) electrons. The Morgan fingerprint density at radius 1 is 1.03 bits per heavy atom. The number of aromatic nitrogens is 3. The van der Waals surface area contributed by atoms with Crippen molar-refractivity contribution in [3.05, 3.63) is 78.3 Å². The zero-order valence-electron chi connectivity index (χ0n) is 17.4. The van der Waals surface area contributed by atoms with Gasteiger partial charge in [0.25, 0.3) is 0 Å². The minimum absolute atomic E-state index is 0.273. The van der Waals surface area contributed by atoms with E-state index in [4.69, 9.17) is 4.42 Å². The summed E-state index contributed by atoms with van der Waals surface area (Å²) in [5.74, 6) is 2.01. The molecule has 31 heavy (non-hydrogen) atoms. The van der Waals surface area contributed by atoms with Crippen molar-refractivity contribution in [2.75, 3.05) is 14.1 Å². The van der Waals surface area contributed by atoms with Crippen LogP contribution in [0.5, 0.6) is 0 Å². The van der Waals surface area contributed by atoms with Crippen LogP contribution in [0.2, 0.25) is 0 Å². The lowest BCUT2D eigenvalue weighted by molar-refractivity contribution is 0.520. The molecule has 0 bridgehead atoms. The third-order valence-electron chi connectivity index (χ3n) is 4.79. The number of rotatable bonds is 7. The summed E-state index contributed by atoms with van der Waals surface area (Å²) in [5, 5.41) is 9.54. The summed E-state index contributed by atoms with van der Waals surface area (Å²) in [5.41, 5.74) is 2.70. The van der Waals surface area contributed by atoms with Gasteiger partial charge in [0.2, 0.25) is 10.0 Å². The van der Waals surface area contributed by atoms with Crippen molar-refractivity contribution in [1.29, 1.82) is 0 Å². The molecular formula is C22H22N4O3S2. The Balaban J connectivity index is 1.68. The Morgan fingerprint density at radius 2 is 1.81 bits per heavy atom. The Hall–Kier alpha value is -2.88. The predicted octanol–water partition coefficient (Wildman–Crippen LogP) is 4.38. The number of furan rings is 1. The van der Waals surface area contributed by atoms with Gasteiger partial charge in [-0.3, -0.25) is 4.57 Å². The highest BCUT2D eigenvalue weighted by Crippen LogP contribution is 2.31. The van der Waals surface area contributed by atoms with Gasteiger partial charge in [-0.2, -0.15) is 0 Å². The third kappa shape index (κ3) is 4.30. The summed E-state index contributed by atoms with van der Waals surface area (Å²) < 4.78 is 33.6. The summed E-state index contributed by atoms with van der Waals surface area (Å²) >= 11 is 1.50. The van der Waals surface area contributed by atoms with E-state index in [1.165, 1.54) is 30.2 Å². The highest BCUT2D eigenvalue weighted by molar-refractivity contribution is 7.98. The second-order valence-electron chi connectivity index (χ2n) is 7.09. The normalized spacial score (nSPS) is 11.9. The summed E-state index contributed by atoms with van der Waals surface area (Å²) in [6.45, 7) is 1.89. The Kier molecular flexibility index (Phi) is 5.99. The van der Waals surface area contributed by atoms with Crippen LogP contribution >= 0.6 is 11.8 Å². The number of hydrogen-bond acceptors (Lipinski definition) is 6. The SMILES string of the molecule is Cc1occc1-c1nnc(SCc2cccc(S(=O)(=O)N(C)C)c2)n1-c1ccccc1. The van der Waals surface area contributed by atoms with Crippen LogP contribution in [0.15, 0.2) is 81.4 Å². The van der Waals surface area contributed by atoms with E-state index in [0.717, 1.165) is 22.6 Å². The molecular weight excluding hydrogens is 432 g/mol. The van der Waals surface area contributed by atoms with Crippen LogP contribution in [-0.2, 0) is 15.8 Å². The van der Waals surface area contributed by atoms with Crippen LogP contribution in [-0.4, -0.2) is 41.6 Å². The van der Waals surface area contributed by atoms with Gasteiger partial charge in [0.1, 0.15) is 5.76 Å². The summed E-state index contributed by atoms with van der Waals surface area (Å²) in [7, 11) is -0.431. The van der Waals surface area contributed by atoms with Gasteiger partial charge in [-0.05, 0) is 42.8 Å². The van der Waals surface area contributed by atoms with Gasteiger partial charge in [0, 0.05) is 25.5 Å². The number of hydrogen-bond donors (Lipinski definition) is 0. The van der Waals surface area contributed by atoms with Crippen molar-refractivity contribution >= 4 is 21.8 Å². The molecule has 0 saturated carbocycles. The van der Waals surface area contributed by atoms with Crippen molar-refractivity contribution in [2.45, 2.75) is 22.7 Å². The Morgan fingerprint density at radius 3 is 2.48 bits per heavy atom. The predicted molar refractivity (Wildman–Crippen MR) is 121 cm³/mol. The smallest absolute Gasteiger partial charge is 0.242 e. The molecule has 2 aromatic heterocycles. The van der Waals surface area contributed by atoms with Gasteiger partial charge in [-0.25, -0.2) is 12.7 Å². The lowest BCUT2D eigenvalue weighted by Gasteiger charge is -2.12. The minimum atomic E-state index is -3.48. The van der Waals surface area contributed by atoms with Crippen LogP contribution < -0.4 is 0 Å². The first-order valence-electron chi connectivity index (χ1n) is 9.57. The molecule has 0 fully saturated rings. The number of para-hydroxylation sites is 1. The number of thioether (sulfide) groups is 1. The van der Waals surface area contributed by atoms with E-state index >= 15 is 0 Å². The van der Waals surface area contributed by atoms with Crippen molar-refractivity contribution in [2.24, 2.45) is 0 Å². The Bertz CT molecular complexity index is 1300. The van der Waals surface area contributed by atoms with Crippen LogP contribution in [0.3, 0.4) is 0 Å². The molecule has 0 aliphatic carbocycles. The molecule has 9 heteroatoms. The standard InChI is InChI=1S/C22H22N4O3S2/c1-16-20(12-13-29-16)21-23-24-22(26(21)18-9-5-4-6-10-18)30-15-17-8-7-11-19(14-17)31(27,28)25(2)3/h4-14H,15H2,1-3H3. The summed E-state index contributed by atoms with van der Waals surface area (Å²) in [6.07, 6.45) is 1.64. The zero-order chi connectivity index (χ0) is 22.0. The summed E-state index contributed by atoms with van der Waals surface area (Å²) in [6, 6.07) is 18.7. The van der Waals surface area contributed by atoms with E-state index in [1.54, 1.807) is 24.5 Å². The van der Waals surface area contributed by atoms with Gasteiger partial charge < -0.3 is 4.42 Å². The minimum Gasteiger partial charge on any atom is -0.469 e. The fraction of sp³-hybridized carbons (Fsp3) is 0.182. The molecule has 0 aliphatic heterocycles. The van der Waals surface area contributed by atoms with Crippen molar-refractivity contribution < 1.29 is 12.8 Å². The van der Waals surface area contributed by atoms with E-state index in [2.05, 4.69) is 10.2 Å². The van der Waals surface area contributed by atoms with E-state index in [0.29, 0.717) is 16.7 Å². The number of nitrogens with zero attached hydrogens (tertiary/aromatic N) is 4. The van der Waals surface area contributed by atoms with Gasteiger partial charge in [-0.15, -0.1) is 10.2 Å². The fourth-order valence-electron chi connectivity index (χ4n) is 3.12. The molecule has 160 valence electrons. The maximum atomic E-state index is 12.4. The van der Waals surface area contributed by atoms with Crippen LogP contribution in [0.25, 0.3) is 17.1 Å². The number of benzene rings is 2. The van der Waals surface area contributed by atoms with Gasteiger partial charge >= 0.3 is 0 Å². The third-order valence-corrected chi connectivity index (χ3v) is 7.60. The molecule has 4 aromatic rings. The van der Waals surface area contributed by atoms with Crippen LogP contribution in [0, 0.1) is 6.92 Å². The van der Waals surface area contributed by atoms with Gasteiger partial charge in [0.05, 0.1) is 16.7 Å². The highest BCUT2D eigenvalue weighted by atomic mass is 32.2. The van der Waals surface area contributed by atoms with E-state index in [1.807, 2.05) is 54.0 Å². The lowest BCUT2D eigenvalue weighted by Crippen LogP contribution is -2.22. The molecule has 0 spiro atoms. The van der Waals surface area contributed by atoms with Crippen molar-refractivity contribution in [3.8, 4) is 17.1 Å². The molecule has 2 heterocycles. The highest BCUT2D eigenvalue weighted by Gasteiger charge is 2.20. The number of aryl methyl sites for hydroxylation is 1. The monoisotopic (exact) mass is 454 g/mol. The van der Waals surface area contributed by atoms with Gasteiger partial charge in [0.15, 0.2) is 11.0 Å². The van der Waals surface area contributed by atoms with E-state index < -0.39 is 10.0 Å². The molecule has 7 nitrogen and oxygen atoms in total. The molecule has 0 N–H and O–H groups in total.